The van der Waals surface area contributed by atoms with Crippen LogP contribution < -0.4 is 15.0 Å². The summed E-state index contributed by atoms with van der Waals surface area (Å²) in [4.78, 5) is 19.6. The molecule has 2 fully saturated rings. The van der Waals surface area contributed by atoms with Gasteiger partial charge < -0.3 is 19.7 Å². The van der Waals surface area contributed by atoms with Crippen molar-refractivity contribution in [1.29, 1.82) is 0 Å². The first-order valence-corrected chi connectivity index (χ1v) is 10.5. The molecule has 1 N–H and O–H groups in total. The third-order valence-electron chi connectivity index (χ3n) is 5.63. The largest absolute Gasteiger partial charge is 0.573 e. The molecular weight excluding hydrogens is 437 g/mol. The highest BCUT2D eigenvalue weighted by atomic mass is 19.4. The van der Waals surface area contributed by atoms with Gasteiger partial charge >= 0.3 is 6.36 Å². The molecule has 3 aromatic rings. The predicted molar refractivity (Wildman–Crippen MR) is 114 cm³/mol. The first-order chi connectivity index (χ1) is 15.9. The van der Waals surface area contributed by atoms with Crippen molar-refractivity contribution in [1.82, 2.24) is 19.9 Å². The van der Waals surface area contributed by atoms with E-state index in [2.05, 4.69) is 29.9 Å². The average molecular weight is 458 g/mol. The molecule has 172 valence electrons. The smallest absolute Gasteiger partial charge is 0.406 e. The van der Waals surface area contributed by atoms with E-state index in [9.17, 15) is 13.2 Å². The summed E-state index contributed by atoms with van der Waals surface area (Å²) in [5.74, 6) is 1.36. The molecule has 0 saturated carbocycles. The van der Waals surface area contributed by atoms with Crippen molar-refractivity contribution in [3.63, 3.8) is 0 Å². The maximum absolute atomic E-state index is 12.6. The Bertz CT molecular complexity index is 1110. The number of alkyl halides is 3. The quantitative estimate of drug-likeness (QED) is 0.609. The molecule has 0 aliphatic carbocycles. The molecule has 33 heavy (non-hydrogen) atoms. The van der Waals surface area contributed by atoms with Gasteiger partial charge in [0.2, 0.25) is 0 Å². The molecule has 0 unspecified atom stereocenters. The van der Waals surface area contributed by atoms with Crippen LogP contribution in [0, 0.1) is 5.41 Å². The molecule has 0 amide bonds. The standard InChI is InChI=1S/C22H21F3N6O2/c23-22(24,25)33-16-4-7-27-17(9-16)28-18-10-19(30-20(29-18)15-3-1-6-26-11-15)31-12-21(13-31)5-2-8-32-14-21/h1,3-4,6-7,9-11H,2,5,8,12-14H2,(H,27,28,29,30). The first-order valence-electron chi connectivity index (χ1n) is 10.5. The topological polar surface area (TPSA) is 85.3 Å². The normalized spacial score (nSPS) is 17.5. The van der Waals surface area contributed by atoms with Crippen molar-refractivity contribution in [2.45, 2.75) is 19.2 Å². The Morgan fingerprint density at radius 1 is 1.09 bits per heavy atom. The second-order valence-electron chi connectivity index (χ2n) is 8.24. The summed E-state index contributed by atoms with van der Waals surface area (Å²) in [7, 11) is 0. The van der Waals surface area contributed by atoms with Crippen LogP contribution in [0.5, 0.6) is 5.75 Å². The highest BCUT2D eigenvalue weighted by Gasteiger charge is 2.45. The van der Waals surface area contributed by atoms with Crippen LogP contribution in [0.2, 0.25) is 0 Å². The number of aromatic nitrogens is 4. The van der Waals surface area contributed by atoms with Gasteiger partial charge in [-0.1, -0.05) is 0 Å². The van der Waals surface area contributed by atoms with Crippen LogP contribution in [0.15, 0.2) is 48.9 Å². The van der Waals surface area contributed by atoms with E-state index < -0.39 is 6.36 Å². The molecule has 8 nitrogen and oxygen atoms in total. The lowest BCUT2D eigenvalue weighted by Gasteiger charge is -2.52. The fraction of sp³-hybridized carbons (Fsp3) is 0.364. The monoisotopic (exact) mass is 458 g/mol. The fourth-order valence-corrected chi connectivity index (χ4v) is 4.18. The molecule has 2 saturated heterocycles. The number of hydrogen-bond acceptors (Lipinski definition) is 8. The number of nitrogens with one attached hydrogen (secondary N) is 1. The SMILES string of the molecule is FC(F)(F)Oc1ccnc(Nc2cc(N3CC4(CCCOC4)C3)nc(-c3cccnc3)n2)c1. The molecule has 0 aromatic carbocycles. The number of nitrogens with zero attached hydrogens (tertiary/aromatic N) is 5. The molecule has 5 heterocycles. The van der Waals surface area contributed by atoms with Gasteiger partial charge in [0.25, 0.3) is 0 Å². The third-order valence-corrected chi connectivity index (χ3v) is 5.63. The zero-order valence-corrected chi connectivity index (χ0v) is 17.5. The van der Waals surface area contributed by atoms with Gasteiger partial charge in [0.1, 0.15) is 23.2 Å². The lowest BCUT2D eigenvalue weighted by Crippen LogP contribution is -2.60. The molecule has 0 radical (unpaired) electrons. The van der Waals surface area contributed by atoms with Crippen molar-refractivity contribution in [2.75, 3.05) is 36.5 Å². The Kier molecular flexibility index (Phi) is 5.49. The number of halogens is 3. The highest BCUT2D eigenvalue weighted by Crippen LogP contribution is 2.41. The first kappa shape index (κ1) is 21.4. The summed E-state index contributed by atoms with van der Waals surface area (Å²) in [5.41, 5.74) is 0.872. The fourth-order valence-electron chi connectivity index (χ4n) is 4.18. The van der Waals surface area contributed by atoms with E-state index in [0.717, 1.165) is 56.8 Å². The molecule has 0 bridgehead atoms. The van der Waals surface area contributed by atoms with Crippen molar-refractivity contribution in [2.24, 2.45) is 5.41 Å². The molecule has 11 heteroatoms. The average Bonchev–Trinajstić information content (AvgIpc) is 2.77. The van der Waals surface area contributed by atoms with Crippen molar-refractivity contribution in [3.05, 3.63) is 48.9 Å². The van der Waals surface area contributed by atoms with E-state index in [1.165, 1.54) is 6.20 Å². The number of pyridine rings is 2. The Morgan fingerprint density at radius 3 is 2.70 bits per heavy atom. The van der Waals surface area contributed by atoms with Crippen molar-refractivity contribution >= 4 is 17.5 Å². The van der Waals surface area contributed by atoms with Crippen LogP contribution in [0.4, 0.5) is 30.6 Å². The third kappa shape index (κ3) is 4.98. The van der Waals surface area contributed by atoms with Gasteiger partial charge in [-0.25, -0.2) is 15.0 Å². The Balaban J connectivity index is 1.42. The number of anilines is 3. The van der Waals surface area contributed by atoms with Crippen LogP contribution in [0.1, 0.15) is 12.8 Å². The van der Waals surface area contributed by atoms with E-state index in [1.807, 2.05) is 6.07 Å². The van der Waals surface area contributed by atoms with Gasteiger partial charge in [0.15, 0.2) is 5.82 Å². The predicted octanol–water partition coefficient (Wildman–Crippen LogP) is 4.19. The zero-order chi connectivity index (χ0) is 22.9. The Hall–Kier alpha value is -3.47. The van der Waals surface area contributed by atoms with Crippen LogP contribution in [-0.2, 0) is 4.74 Å². The molecular formula is C22H21F3N6O2. The summed E-state index contributed by atoms with van der Waals surface area (Å²) in [6, 6.07) is 7.69. The van der Waals surface area contributed by atoms with Crippen LogP contribution in [0.25, 0.3) is 11.4 Å². The zero-order valence-electron chi connectivity index (χ0n) is 17.5. The molecule has 1 spiro atoms. The van der Waals surface area contributed by atoms with Gasteiger partial charge in [-0.05, 0) is 31.0 Å². The Labute approximate surface area is 187 Å². The minimum atomic E-state index is -4.79. The van der Waals surface area contributed by atoms with E-state index in [4.69, 9.17) is 9.72 Å². The summed E-state index contributed by atoms with van der Waals surface area (Å²) in [6.07, 6.45) is 1.93. The van der Waals surface area contributed by atoms with E-state index >= 15 is 0 Å². The van der Waals surface area contributed by atoms with Crippen LogP contribution >= 0.6 is 0 Å². The van der Waals surface area contributed by atoms with E-state index in [0.29, 0.717) is 17.5 Å². The lowest BCUT2D eigenvalue weighted by atomic mass is 9.75. The molecule has 2 aliphatic heterocycles. The van der Waals surface area contributed by atoms with Crippen LogP contribution in [-0.4, -0.2) is 52.6 Å². The summed E-state index contributed by atoms with van der Waals surface area (Å²) in [6.45, 7) is 3.19. The van der Waals surface area contributed by atoms with Gasteiger partial charge in [-0.15, -0.1) is 13.2 Å². The van der Waals surface area contributed by atoms with Gasteiger partial charge in [0, 0.05) is 61.4 Å². The second kappa shape index (κ2) is 8.47. The summed E-state index contributed by atoms with van der Waals surface area (Å²) in [5, 5.41) is 2.97. The Morgan fingerprint density at radius 2 is 1.97 bits per heavy atom. The summed E-state index contributed by atoms with van der Waals surface area (Å²) < 4.78 is 47.4. The number of hydrogen-bond donors (Lipinski definition) is 1. The summed E-state index contributed by atoms with van der Waals surface area (Å²) >= 11 is 0. The van der Waals surface area contributed by atoms with Gasteiger partial charge in [-0.3, -0.25) is 4.98 Å². The van der Waals surface area contributed by atoms with Crippen molar-refractivity contribution < 1.29 is 22.6 Å². The van der Waals surface area contributed by atoms with E-state index in [-0.39, 0.29) is 17.0 Å². The minimum Gasteiger partial charge on any atom is -0.406 e. The second-order valence-corrected chi connectivity index (χ2v) is 8.24. The maximum Gasteiger partial charge on any atom is 0.573 e. The minimum absolute atomic E-state index is 0.149. The number of ether oxygens (including phenoxy) is 2. The van der Waals surface area contributed by atoms with E-state index in [1.54, 1.807) is 24.5 Å². The molecule has 2 aliphatic rings. The lowest BCUT2D eigenvalue weighted by molar-refractivity contribution is -0.274. The number of rotatable bonds is 5. The highest BCUT2D eigenvalue weighted by molar-refractivity contribution is 5.65. The maximum atomic E-state index is 12.6. The van der Waals surface area contributed by atoms with Crippen molar-refractivity contribution in [3.8, 4) is 17.1 Å². The van der Waals surface area contributed by atoms with Gasteiger partial charge in [0.05, 0.1) is 6.61 Å². The molecule has 3 aromatic heterocycles. The van der Waals surface area contributed by atoms with Gasteiger partial charge in [-0.2, -0.15) is 0 Å². The molecule has 5 rings (SSSR count). The van der Waals surface area contributed by atoms with Crippen LogP contribution in [0.3, 0.4) is 0 Å². The molecule has 0 atom stereocenters.